The van der Waals surface area contributed by atoms with Crippen LogP contribution in [0.3, 0.4) is 0 Å². The van der Waals surface area contributed by atoms with Crippen LogP contribution in [0.15, 0.2) is 0 Å². The van der Waals surface area contributed by atoms with E-state index in [9.17, 15) is 4.79 Å². The number of rotatable bonds is 4. The minimum Gasteiger partial charge on any atom is -0.345 e. The minimum atomic E-state index is -0.202. The van der Waals surface area contributed by atoms with Gasteiger partial charge < -0.3 is 11.1 Å². The number of aromatic nitrogens is 2. The van der Waals surface area contributed by atoms with Crippen molar-refractivity contribution in [3.63, 3.8) is 0 Å². The Labute approximate surface area is 105 Å². The van der Waals surface area contributed by atoms with Gasteiger partial charge in [-0.05, 0) is 30.8 Å². The predicted octanol–water partition coefficient (Wildman–Crippen LogP) is 1.10. The summed E-state index contributed by atoms with van der Waals surface area (Å²) < 4.78 is 3.84. The van der Waals surface area contributed by atoms with E-state index >= 15 is 0 Å². The molecule has 17 heavy (non-hydrogen) atoms. The van der Waals surface area contributed by atoms with Crippen molar-refractivity contribution >= 4 is 17.4 Å². The summed E-state index contributed by atoms with van der Waals surface area (Å²) in [4.78, 5) is 12.8. The molecule has 5 nitrogen and oxygen atoms in total. The molecule has 1 saturated carbocycles. The van der Waals surface area contributed by atoms with Gasteiger partial charge in [0, 0.05) is 6.54 Å². The third kappa shape index (κ3) is 2.47. The SMILES string of the molecule is CCc1nnsc1C(=O)NC1(CN)CCCC1. The van der Waals surface area contributed by atoms with Gasteiger partial charge >= 0.3 is 0 Å². The molecule has 0 bridgehead atoms. The van der Waals surface area contributed by atoms with Gasteiger partial charge in [-0.1, -0.05) is 24.3 Å². The highest BCUT2D eigenvalue weighted by Gasteiger charge is 2.34. The van der Waals surface area contributed by atoms with E-state index in [4.69, 9.17) is 5.73 Å². The number of hydrogen-bond acceptors (Lipinski definition) is 5. The summed E-state index contributed by atoms with van der Waals surface area (Å²) in [5, 5.41) is 7.04. The molecule has 6 heteroatoms. The molecule has 0 unspecified atom stereocenters. The van der Waals surface area contributed by atoms with E-state index in [1.807, 2.05) is 6.92 Å². The normalized spacial score (nSPS) is 18.2. The lowest BCUT2D eigenvalue weighted by Crippen LogP contribution is -2.51. The first-order valence-electron chi connectivity index (χ1n) is 6.04. The molecular weight excluding hydrogens is 236 g/mol. The molecule has 1 aliphatic rings. The van der Waals surface area contributed by atoms with Crippen molar-refractivity contribution < 1.29 is 4.79 Å². The first kappa shape index (κ1) is 12.4. The van der Waals surface area contributed by atoms with Gasteiger partial charge in [0.15, 0.2) is 0 Å². The fourth-order valence-electron chi connectivity index (χ4n) is 2.34. The summed E-state index contributed by atoms with van der Waals surface area (Å²) in [5.74, 6) is -0.0656. The number of hydrogen-bond donors (Lipinski definition) is 2. The van der Waals surface area contributed by atoms with E-state index in [0.717, 1.165) is 49.3 Å². The summed E-state index contributed by atoms with van der Waals surface area (Å²) in [6.45, 7) is 2.48. The Morgan fingerprint density at radius 3 is 2.82 bits per heavy atom. The maximum Gasteiger partial charge on any atom is 0.265 e. The summed E-state index contributed by atoms with van der Waals surface area (Å²) >= 11 is 1.16. The van der Waals surface area contributed by atoms with E-state index in [2.05, 4.69) is 14.9 Å². The number of nitrogens with zero attached hydrogens (tertiary/aromatic N) is 2. The number of carbonyl (C=O) groups is 1. The second-order valence-electron chi connectivity index (χ2n) is 4.55. The molecule has 1 heterocycles. The van der Waals surface area contributed by atoms with Crippen molar-refractivity contribution in [3.8, 4) is 0 Å². The van der Waals surface area contributed by atoms with Gasteiger partial charge in [0.2, 0.25) is 0 Å². The zero-order valence-electron chi connectivity index (χ0n) is 10.0. The molecule has 0 radical (unpaired) electrons. The van der Waals surface area contributed by atoms with Crippen LogP contribution in [0.2, 0.25) is 0 Å². The lowest BCUT2D eigenvalue weighted by molar-refractivity contribution is 0.0906. The molecular formula is C11H18N4OS. The van der Waals surface area contributed by atoms with Crippen LogP contribution >= 0.6 is 11.5 Å². The minimum absolute atomic E-state index is 0.0656. The summed E-state index contributed by atoms with van der Waals surface area (Å²) in [6, 6.07) is 0. The van der Waals surface area contributed by atoms with Gasteiger partial charge in [-0.2, -0.15) is 0 Å². The number of carbonyl (C=O) groups excluding carboxylic acids is 1. The van der Waals surface area contributed by atoms with Gasteiger partial charge in [-0.15, -0.1) is 5.10 Å². The van der Waals surface area contributed by atoms with E-state index < -0.39 is 0 Å². The highest BCUT2D eigenvalue weighted by atomic mass is 32.1. The van der Waals surface area contributed by atoms with E-state index in [-0.39, 0.29) is 11.4 Å². The van der Waals surface area contributed by atoms with Crippen molar-refractivity contribution in [1.82, 2.24) is 14.9 Å². The molecule has 0 aliphatic heterocycles. The Morgan fingerprint density at radius 1 is 1.53 bits per heavy atom. The summed E-state index contributed by atoms with van der Waals surface area (Å²) in [5.41, 5.74) is 6.37. The molecule has 2 rings (SSSR count). The van der Waals surface area contributed by atoms with Gasteiger partial charge in [0.05, 0.1) is 11.2 Å². The van der Waals surface area contributed by atoms with Crippen LogP contribution in [0.25, 0.3) is 0 Å². The maximum atomic E-state index is 12.2. The Morgan fingerprint density at radius 2 is 2.24 bits per heavy atom. The second-order valence-corrected chi connectivity index (χ2v) is 5.30. The highest BCUT2D eigenvalue weighted by Crippen LogP contribution is 2.29. The third-order valence-corrected chi connectivity index (χ3v) is 4.19. The molecule has 0 atom stereocenters. The Balaban J connectivity index is 2.11. The Hall–Kier alpha value is -1.01. The van der Waals surface area contributed by atoms with Gasteiger partial charge in [-0.25, -0.2) is 0 Å². The first-order valence-corrected chi connectivity index (χ1v) is 6.82. The number of amides is 1. The Kier molecular flexibility index (Phi) is 3.73. The van der Waals surface area contributed by atoms with Crippen LogP contribution in [-0.2, 0) is 6.42 Å². The van der Waals surface area contributed by atoms with Crippen LogP contribution < -0.4 is 11.1 Å². The molecule has 1 amide bonds. The summed E-state index contributed by atoms with van der Waals surface area (Å²) in [7, 11) is 0. The van der Waals surface area contributed by atoms with Gasteiger partial charge in [0.25, 0.3) is 5.91 Å². The van der Waals surface area contributed by atoms with E-state index in [1.54, 1.807) is 0 Å². The quantitative estimate of drug-likeness (QED) is 0.843. The van der Waals surface area contributed by atoms with Crippen molar-refractivity contribution in [2.45, 2.75) is 44.6 Å². The van der Waals surface area contributed by atoms with Gasteiger partial charge in [-0.3, -0.25) is 4.79 Å². The fraction of sp³-hybridized carbons (Fsp3) is 0.727. The smallest absolute Gasteiger partial charge is 0.265 e. The summed E-state index contributed by atoms with van der Waals surface area (Å²) in [6.07, 6.45) is 4.96. The molecule has 0 saturated heterocycles. The standard InChI is InChI=1S/C11H18N4OS/c1-2-8-9(17-15-14-8)10(16)13-11(7-12)5-3-4-6-11/h2-7,12H2,1H3,(H,13,16). The monoisotopic (exact) mass is 254 g/mol. The van der Waals surface area contributed by atoms with Gasteiger partial charge in [0.1, 0.15) is 4.88 Å². The van der Waals surface area contributed by atoms with Crippen molar-refractivity contribution in [3.05, 3.63) is 10.6 Å². The lowest BCUT2D eigenvalue weighted by atomic mass is 9.97. The van der Waals surface area contributed by atoms with Crippen LogP contribution in [0.1, 0.15) is 48.0 Å². The zero-order valence-corrected chi connectivity index (χ0v) is 10.8. The zero-order chi connectivity index (χ0) is 12.3. The predicted molar refractivity (Wildman–Crippen MR) is 67.0 cm³/mol. The molecule has 3 N–H and O–H groups in total. The molecule has 0 spiro atoms. The van der Waals surface area contributed by atoms with Crippen LogP contribution in [0.4, 0.5) is 0 Å². The van der Waals surface area contributed by atoms with E-state index in [0.29, 0.717) is 11.4 Å². The molecule has 94 valence electrons. The lowest BCUT2D eigenvalue weighted by Gasteiger charge is -2.28. The van der Waals surface area contributed by atoms with Crippen LogP contribution in [-0.4, -0.2) is 27.6 Å². The van der Waals surface area contributed by atoms with E-state index in [1.165, 1.54) is 0 Å². The second kappa shape index (κ2) is 5.10. The first-order chi connectivity index (χ1) is 8.21. The number of aryl methyl sites for hydroxylation is 1. The molecule has 0 aromatic carbocycles. The topological polar surface area (TPSA) is 80.9 Å². The van der Waals surface area contributed by atoms with Crippen LogP contribution in [0, 0.1) is 0 Å². The maximum absolute atomic E-state index is 12.2. The largest absolute Gasteiger partial charge is 0.345 e. The van der Waals surface area contributed by atoms with Crippen LogP contribution in [0.5, 0.6) is 0 Å². The fourth-order valence-corrected chi connectivity index (χ4v) is 2.99. The van der Waals surface area contributed by atoms with Crippen molar-refractivity contribution in [1.29, 1.82) is 0 Å². The molecule has 1 aromatic heterocycles. The van der Waals surface area contributed by atoms with Crippen molar-refractivity contribution in [2.75, 3.05) is 6.54 Å². The highest BCUT2D eigenvalue weighted by molar-refractivity contribution is 7.08. The number of nitrogens with one attached hydrogen (secondary N) is 1. The molecule has 1 fully saturated rings. The van der Waals surface area contributed by atoms with Crippen molar-refractivity contribution in [2.24, 2.45) is 5.73 Å². The molecule has 1 aliphatic carbocycles. The Bertz CT molecular complexity index is 398. The third-order valence-electron chi connectivity index (χ3n) is 3.43. The molecule has 1 aromatic rings. The average molecular weight is 254 g/mol. The number of nitrogens with two attached hydrogens (primary N) is 1. The average Bonchev–Trinajstić information content (AvgIpc) is 2.97.